The van der Waals surface area contributed by atoms with Crippen molar-refractivity contribution in [3.8, 4) is 11.1 Å². The standard InChI is InChI=1S/C23H18BrN5/c1-29-9-5-15-2-3-16(10-22(15)29)19-11-18(12-21-23(19)27-8-7-26-21)28-14-17-13-25-6-4-20(17)24/h2-13,28H,14H2,1H3. The molecule has 0 atom stereocenters. The predicted octanol–water partition coefficient (Wildman–Crippen LogP) is 5.56. The summed E-state index contributed by atoms with van der Waals surface area (Å²) in [4.78, 5) is 13.4. The molecule has 5 rings (SSSR count). The smallest absolute Gasteiger partial charge is 0.0966 e. The van der Waals surface area contributed by atoms with E-state index >= 15 is 0 Å². The van der Waals surface area contributed by atoms with Gasteiger partial charge in [0.2, 0.25) is 0 Å². The molecule has 29 heavy (non-hydrogen) atoms. The van der Waals surface area contributed by atoms with Gasteiger partial charge in [-0.3, -0.25) is 15.0 Å². The van der Waals surface area contributed by atoms with Crippen LogP contribution in [0.25, 0.3) is 33.1 Å². The lowest BCUT2D eigenvalue weighted by Crippen LogP contribution is -2.01. The van der Waals surface area contributed by atoms with Gasteiger partial charge in [-0.2, -0.15) is 0 Å². The van der Waals surface area contributed by atoms with Crippen LogP contribution in [-0.4, -0.2) is 19.5 Å². The number of pyridine rings is 1. The van der Waals surface area contributed by atoms with Crippen LogP contribution >= 0.6 is 15.9 Å². The van der Waals surface area contributed by atoms with Crippen molar-refractivity contribution in [1.82, 2.24) is 19.5 Å². The Balaban J connectivity index is 1.60. The number of halogens is 1. The zero-order chi connectivity index (χ0) is 19.8. The van der Waals surface area contributed by atoms with Crippen LogP contribution in [0, 0.1) is 0 Å². The molecule has 5 nitrogen and oxygen atoms in total. The molecule has 0 fully saturated rings. The third-order valence-electron chi connectivity index (χ3n) is 5.10. The van der Waals surface area contributed by atoms with Crippen molar-refractivity contribution in [3.05, 3.63) is 83.5 Å². The molecule has 6 heteroatoms. The molecule has 0 bridgehead atoms. The third kappa shape index (κ3) is 3.36. The van der Waals surface area contributed by atoms with E-state index in [4.69, 9.17) is 0 Å². The maximum atomic E-state index is 4.61. The number of anilines is 1. The van der Waals surface area contributed by atoms with E-state index in [1.54, 1.807) is 18.6 Å². The molecule has 1 N–H and O–H groups in total. The van der Waals surface area contributed by atoms with Crippen molar-refractivity contribution in [2.45, 2.75) is 6.54 Å². The first kappa shape index (κ1) is 17.8. The molecule has 3 heterocycles. The summed E-state index contributed by atoms with van der Waals surface area (Å²) in [5.41, 5.74) is 7.23. The van der Waals surface area contributed by atoms with Crippen molar-refractivity contribution in [1.29, 1.82) is 0 Å². The van der Waals surface area contributed by atoms with Gasteiger partial charge in [0, 0.05) is 71.4 Å². The second-order valence-corrected chi connectivity index (χ2v) is 7.82. The number of aryl methyl sites for hydroxylation is 1. The quantitative estimate of drug-likeness (QED) is 0.395. The Labute approximate surface area is 176 Å². The highest BCUT2D eigenvalue weighted by Crippen LogP contribution is 2.32. The molecule has 0 saturated carbocycles. The Morgan fingerprint density at radius 3 is 2.79 bits per heavy atom. The first-order valence-electron chi connectivity index (χ1n) is 9.31. The van der Waals surface area contributed by atoms with Crippen molar-refractivity contribution in [2.24, 2.45) is 7.05 Å². The maximum Gasteiger partial charge on any atom is 0.0966 e. The van der Waals surface area contributed by atoms with Crippen LogP contribution in [0.3, 0.4) is 0 Å². The second-order valence-electron chi connectivity index (χ2n) is 6.97. The fraction of sp³-hybridized carbons (Fsp3) is 0.0870. The Morgan fingerprint density at radius 2 is 1.90 bits per heavy atom. The summed E-state index contributed by atoms with van der Waals surface area (Å²) in [7, 11) is 2.06. The Hall–Kier alpha value is -3.25. The zero-order valence-corrected chi connectivity index (χ0v) is 17.4. The highest BCUT2D eigenvalue weighted by molar-refractivity contribution is 9.10. The van der Waals surface area contributed by atoms with E-state index in [-0.39, 0.29) is 0 Å². The van der Waals surface area contributed by atoms with E-state index in [0.717, 1.165) is 37.9 Å². The van der Waals surface area contributed by atoms with Crippen molar-refractivity contribution < 1.29 is 0 Å². The number of rotatable bonds is 4. The molecule has 0 aliphatic heterocycles. The van der Waals surface area contributed by atoms with Gasteiger partial charge >= 0.3 is 0 Å². The minimum Gasteiger partial charge on any atom is -0.381 e. The highest BCUT2D eigenvalue weighted by atomic mass is 79.9. The molecule has 0 saturated heterocycles. The van der Waals surface area contributed by atoms with E-state index in [0.29, 0.717) is 6.54 Å². The lowest BCUT2D eigenvalue weighted by Gasteiger charge is -2.12. The van der Waals surface area contributed by atoms with Crippen LogP contribution in [-0.2, 0) is 13.6 Å². The van der Waals surface area contributed by atoms with Gasteiger partial charge in [0.1, 0.15) is 0 Å². The van der Waals surface area contributed by atoms with Crippen LogP contribution in [0.4, 0.5) is 5.69 Å². The van der Waals surface area contributed by atoms with Gasteiger partial charge < -0.3 is 9.88 Å². The van der Waals surface area contributed by atoms with Gasteiger partial charge in [-0.05, 0) is 41.3 Å². The fourth-order valence-corrected chi connectivity index (χ4v) is 3.93. The van der Waals surface area contributed by atoms with E-state index in [9.17, 15) is 0 Å². The zero-order valence-electron chi connectivity index (χ0n) is 15.8. The molecule has 142 valence electrons. The Bertz CT molecular complexity index is 1340. The molecular formula is C23H18BrN5. The van der Waals surface area contributed by atoms with Crippen molar-refractivity contribution >= 4 is 43.6 Å². The predicted molar refractivity (Wildman–Crippen MR) is 121 cm³/mol. The first-order valence-corrected chi connectivity index (χ1v) is 10.1. The van der Waals surface area contributed by atoms with Gasteiger partial charge in [0.15, 0.2) is 0 Å². The monoisotopic (exact) mass is 443 g/mol. The number of hydrogen-bond donors (Lipinski definition) is 1. The largest absolute Gasteiger partial charge is 0.381 e. The Kier molecular flexibility index (Phi) is 4.48. The van der Waals surface area contributed by atoms with Crippen LogP contribution in [0.5, 0.6) is 0 Å². The SMILES string of the molecule is Cn1ccc2ccc(-c3cc(NCc4cnccc4Br)cc4nccnc34)cc21. The molecule has 0 aliphatic rings. The van der Waals surface area contributed by atoms with E-state index in [1.165, 1.54) is 10.9 Å². The molecule has 0 unspecified atom stereocenters. The minimum absolute atomic E-state index is 0.663. The molecule has 0 aliphatic carbocycles. The molecule has 2 aromatic carbocycles. The normalized spacial score (nSPS) is 11.2. The van der Waals surface area contributed by atoms with Crippen molar-refractivity contribution in [2.75, 3.05) is 5.32 Å². The average molecular weight is 444 g/mol. The fourth-order valence-electron chi connectivity index (χ4n) is 3.56. The number of aromatic nitrogens is 4. The topological polar surface area (TPSA) is 55.6 Å². The maximum absolute atomic E-state index is 4.61. The molecule has 3 aromatic heterocycles. The van der Waals surface area contributed by atoms with Gasteiger partial charge in [-0.15, -0.1) is 0 Å². The summed E-state index contributed by atoms with van der Waals surface area (Å²) >= 11 is 3.58. The van der Waals surface area contributed by atoms with E-state index in [2.05, 4.69) is 84.3 Å². The summed E-state index contributed by atoms with van der Waals surface area (Å²) in [5, 5.41) is 4.73. The summed E-state index contributed by atoms with van der Waals surface area (Å²) in [6.07, 6.45) is 9.19. The molecule has 0 spiro atoms. The Morgan fingerprint density at radius 1 is 1.00 bits per heavy atom. The number of nitrogens with one attached hydrogen (secondary N) is 1. The third-order valence-corrected chi connectivity index (χ3v) is 5.87. The molecule has 5 aromatic rings. The van der Waals surface area contributed by atoms with Gasteiger partial charge in [0.05, 0.1) is 11.0 Å². The van der Waals surface area contributed by atoms with Gasteiger partial charge in [-0.25, -0.2) is 0 Å². The molecule has 0 radical (unpaired) electrons. The van der Waals surface area contributed by atoms with Crippen LogP contribution in [0.2, 0.25) is 0 Å². The van der Waals surface area contributed by atoms with E-state index in [1.807, 2.05) is 18.3 Å². The van der Waals surface area contributed by atoms with Gasteiger partial charge in [0.25, 0.3) is 0 Å². The summed E-state index contributed by atoms with van der Waals surface area (Å²) in [5.74, 6) is 0. The van der Waals surface area contributed by atoms with Gasteiger partial charge in [-0.1, -0.05) is 28.1 Å². The lowest BCUT2D eigenvalue weighted by molar-refractivity contribution is 0.969. The van der Waals surface area contributed by atoms with E-state index < -0.39 is 0 Å². The van der Waals surface area contributed by atoms with Crippen LogP contribution in [0.1, 0.15) is 5.56 Å². The number of fused-ring (bicyclic) bond motifs is 2. The first-order chi connectivity index (χ1) is 14.2. The van der Waals surface area contributed by atoms with Crippen LogP contribution in [0.15, 0.2) is 77.9 Å². The summed E-state index contributed by atoms with van der Waals surface area (Å²) in [6.45, 7) is 0.663. The number of benzene rings is 2. The second kappa shape index (κ2) is 7.29. The lowest BCUT2D eigenvalue weighted by atomic mass is 10.0. The summed E-state index contributed by atoms with van der Waals surface area (Å²) in [6, 6.07) is 14.8. The average Bonchev–Trinajstić information content (AvgIpc) is 3.13. The highest BCUT2D eigenvalue weighted by Gasteiger charge is 2.11. The minimum atomic E-state index is 0.663. The summed E-state index contributed by atoms with van der Waals surface area (Å²) < 4.78 is 3.17. The molecule has 0 amide bonds. The molecular weight excluding hydrogens is 426 g/mol. The van der Waals surface area contributed by atoms with Crippen molar-refractivity contribution in [3.63, 3.8) is 0 Å². The number of hydrogen-bond acceptors (Lipinski definition) is 4. The van der Waals surface area contributed by atoms with Crippen LogP contribution < -0.4 is 5.32 Å². The number of nitrogens with zero attached hydrogens (tertiary/aromatic N) is 4.